The molecule has 5 heteroatoms. The van der Waals surface area contributed by atoms with Crippen molar-refractivity contribution in [2.24, 2.45) is 0 Å². The van der Waals surface area contributed by atoms with Crippen molar-refractivity contribution < 1.29 is 0 Å². The van der Waals surface area contributed by atoms with Crippen LogP contribution >= 0.6 is 11.3 Å². The lowest BCUT2D eigenvalue weighted by Crippen LogP contribution is -1.97. The van der Waals surface area contributed by atoms with Gasteiger partial charge in [-0.1, -0.05) is 25.1 Å². The summed E-state index contributed by atoms with van der Waals surface area (Å²) in [6, 6.07) is 14.0. The molecule has 0 bridgehead atoms. The van der Waals surface area contributed by atoms with Crippen LogP contribution in [0, 0.1) is 0 Å². The predicted molar refractivity (Wildman–Crippen MR) is 71.8 cm³/mol. The molecule has 0 saturated carbocycles. The zero-order valence-corrected chi connectivity index (χ0v) is 10.8. The Labute approximate surface area is 109 Å². The molecule has 2 heterocycles. The Morgan fingerprint density at radius 1 is 1.11 bits per heavy atom. The van der Waals surface area contributed by atoms with Gasteiger partial charge in [-0.05, 0) is 35.9 Å². The van der Waals surface area contributed by atoms with Crippen LogP contribution in [-0.2, 0) is 6.42 Å². The van der Waals surface area contributed by atoms with Gasteiger partial charge in [0.1, 0.15) is 0 Å². The topological polar surface area (TPSA) is 43.6 Å². The van der Waals surface area contributed by atoms with Crippen LogP contribution in [-0.4, -0.2) is 20.2 Å². The molecule has 3 aromatic rings. The standard InChI is InChI=1S/C13H12N4S/c1-2-11-8-9-12(18-11)13-14-16-17(15-13)10-6-4-3-5-7-10/h3-9H,2H2,1H3. The molecule has 0 amide bonds. The van der Waals surface area contributed by atoms with Crippen LogP contribution in [0.3, 0.4) is 0 Å². The van der Waals surface area contributed by atoms with Crippen LogP contribution in [0.1, 0.15) is 11.8 Å². The minimum atomic E-state index is 0.684. The highest BCUT2D eigenvalue weighted by molar-refractivity contribution is 7.15. The number of aromatic nitrogens is 4. The van der Waals surface area contributed by atoms with Crippen molar-refractivity contribution in [3.05, 3.63) is 47.3 Å². The Morgan fingerprint density at radius 3 is 2.67 bits per heavy atom. The summed E-state index contributed by atoms with van der Waals surface area (Å²) in [6.45, 7) is 2.14. The molecular formula is C13H12N4S. The number of hydrogen-bond donors (Lipinski definition) is 0. The molecule has 0 aliphatic rings. The van der Waals surface area contributed by atoms with Crippen molar-refractivity contribution >= 4 is 11.3 Å². The maximum absolute atomic E-state index is 4.40. The Morgan fingerprint density at radius 2 is 1.94 bits per heavy atom. The number of nitrogens with zero attached hydrogens (tertiary/aromatic N) is 4. The van der Waals surface area contributed by atoms with Gasteiger partial charge in [0.05, 0.1) is 10.6 Å². The molecule has 3 rings (SSSR count). The van der Waals surface area contributed by atoms with Gasteiger partial charge in [0, 0.05) is 4.88 Å². The number of benzene rings is 1. The second-order valence-electron chi connectivity index (χ2n) is 3.86. The minimum Gasteiger partial charge on any atom is -0.137 e. The molecule has 0 spiro atoms. The lowest BCUT2D eigenvalue weighted by atomic mass is 10.3. The highest BCUT2D eigenvalue weighted by atomic mass is 32.1. The first-order valence-electron chi connectivity index (χ1n) is 5.81. The van der Waals surface area contributed by atoms with Crippen LogP contribution in [0.4, 0.5) is 0 Å². The molecule has 0 N–H and O–H groups in total. The second-order valence-corrected chi connectivity index (χ2v) is 5.03. The van der Waals surface area contributed by atoms with Crippen molar-refractivity contribution in [2.45, 2.75) is 13.3 Å². The first-order chi connectivity index (χ1) is 8.86. The summed E-state index contributed by atoms with van der Waals surface area (Å²) in [5, 5.41) is 12.6. The van der Waals surface area contributed by atoms with Gasteiger partial charge < -0.3 is 0 Å². The van der Waals surface area contributed by atoms with E-state index in [1.165, 1.54) is 4.88 Å². The van der Waals surface area contributed by atoms with E-state index in [-0.39, 0.29) is 0 Å². The van der Waals surface area contributed by atoms with E-state index in [1.54, 1.807) is 16.1 Å². The molecule has 0 saturated heterocycles. The number of hydrogen-bond acceptors (Lipinski definition) is 4. The van der Waals surface area contributed by atoms with Gasteiger partial charge in [0.25, 0.3) is 0 Å². The smallest absolute Gasteiger partial charge is 0.137 e. The monoisotopic (exact) mass is 256 g/mol. The lowest BCUT2D eigenvalue weighted by Gasteiger charge is -1.95. The lowest BCUT2D eigenvalue weighted by molar-refractivity contribution is 0.720. The van der Waals surface area contributed by atoms with Crippen LogP contribution < -0.4 is 0 Å². The first-order valence-corrected chi connectivity index (χ1v) is 6.63. The van der Waals surface area contributed by atoms with E-state index in [4.69, 9.17) is 0 Å². The van der Waals surface area contributed by atoms with Gasteiger partial charge in [0.2, 0.25) is 5.82 Å². The van der Waals surface area contributed by atoms with Crippen LogP contribution in [0.2, 0.25) is 0 Å². The fraction of sp³-hybridized carbons (Fsp3) is 0.154. The quantitative estimate of drug-likeness (QED) is 0.723. The van der Waals surface area contributed by atoms with E-state index >= 15 is 0 Å². The number of thiophene rings is 1. The third-order valence-corrected chi connectivity index (χ3v) is 3.86. The zero-order valence-electron chi connectivity index (χ0n) is 9.95. The van der Waals surface area contributed by atoms with Gasteiger partial charge in [-0.2, -0.15) is 0 Å². The average molecular weight is 256 g/mol. The van der Waals surface area contributed by atoms with Crippen molar-refractivity contribution in [2.75, 3.05) is 0 Å². The molecule has 18 heavy (non-hydrogen) atoms. The normalized spacial score (nSPS) is 10.7. The minimum absolute atomic E-state index is 0.684. The van der Waals surface area contributed by atoms with Crippen LogP contribution in [0.15, 0.2) is 42.5 Å². The van der Waals surface area contributed by atoms with E-state index in [2.05, 4.69) is 34.5 Å². The van der Waals surface area contributed by atoms with Crippen molar-refractivity contribution in [3.63, 3.8) is 0 Å². The van der Waals surface area contributed by atoms with E-state index in [0.29, 0.717) is 5.82 Å². The first kappa shape index (κ1) is 11.1. The summed E-state index contributed by atoms with van der Waals surface area (Å²) in [4.78, 5) is 3.95. The molecule has 0 aliphatic heterocycles. The molecule has 2 aromatic heterocycles. The molecule has 0 unspecified atom stereocenters. The van der Waals surface area contributed by atoms with E-state index in [0.717, 1.165) is 17.0 Å². The molecule has 0 radical (unpaired) electrons. The fourth-order valence-corrected chi connectivity index (χ4v) is 2.54. The van der Waals surface area contributed by atoms with Crippen LogP contribution in [0.25, 0.3) is 16.4 Å². The molecule has 0 aliphatic carbocycles. The number of para-hydroxylation sites is 1. The summed E-state index contributed by atoms with van der Waals surface area (Å²) < 4.78 is 0. The third kappa shape index (κ3) is 2.04. The van der Waals surface area contributed by atoms with Gasteiger partial charge in [-0.15, -0.1) is 26.3 Å². The third-order valence-electron chi connectivity index (χ3n) is 2.63. The fourth-order valence-electron chi connectivity index (χ4n) is 1.67. The number of tetrazole rings is 1. The second kappa shape index (κ2) is 4.70. The Bertz CT molecular complexity index is 642. The Balaban J connectivity index is 1.94. The van der Waals surface area contributed by atoms with Gasteiger partial charge >= 0.3 is 0 Å². The molecule has 1 aromatic carbocycles. The molecule has 4 nitrogen and oxygen atoms in total. The van der Waals surface area contributed by atoms with Crippen molar-refractivity contribution in [1.29, 1.82) is 0 Å². The average Bonchev–Trinajstić information content (AvgIpc) is 3.08. The van der Waals surface area contributed by atoms with Crippen LogP contribution in [0.5, 0.6) is 0 Å². The highest BCUT2D eigenvalue weighted by Gasteiger charge is 2.09. The summed E-state index contributed by atoms with van der Waals surface area (Å²) >= 11 is 1.72. The highest BCUT2D eigenvalue weighted by Crippen LogP contribution is 2.25. The summed E-state index contributed by atoms with van der Waals surface area (Å²) in [6.07, 6.45) is 1.04. The van der Waals surface area contributed by atoms with E-state index in [9.17, 15) is 0 Å². The SMILES string of the molecule is CCc1ccc(-c2nnn(-c3ccccc3)n2)s1. The molecular weight excluding hydrogens is 244 g/mol. The summed E-state index contributed by atoms with van der Waals surface area (Å²) in [7, 11) is 0. The van der Waals surface area contributed by atoms with Crippen molar-refractivity contribution in [3.8, 4) is 16.4 Å². The molecule has 0 atom stereocenters. The zero-order chi connectivity index (χ0) is 12.4. The molecule has 90 valence electrons. The van der Waals surface area contributed by atoms with Gasteiger partial charge in [-0.25, -0.2) is 0 Å². The number of rotatable bonds is 3. The van der Waals surface area contributed by atoms with E-state index < -0.39 is 0 Å². The summed E-state index contributed by atoms with van der Waals surface area (Å²) in [5.41, 5.74) is 0.920. The van der Waals surface area contributed by atoms with Gasteiger partial charge in [-0.3, -0.25) is 0 Å². The maximum Gasteiger partial charge on any atom is 0.215 e. The Kier molecular flexibility index (Phi) is 2.90. The molecule has 0 fully saturated rings. The number of aryl methyl sites for hydroxylation is 1. The van der Waals surface area contributed by atoms with E-state index in [1.807, 2.05) is 30.3 Å². The van der Waals surface area contributed by atoms with Gasteiger partial charge in [0.15, 0.2) is 0 Å². The maximum atomic E-state index is 4.40. The summed E-state index contributed by atoms with van der Waals surface area (Å²) in [5.74, 6) is 0.684. The predicted octanol–water partition coefficient (Wildman–Crippen LogP) is 2.95. The Hall–Kier alpha value is -2.01. The van der Waals surface area contributed by atoms with Crippen molar-refractivity contribution in [1.82, 2.24) is 20.2 Å². The largest absolute Gasteiger partial charge is 0.215 e.